The van der Waals surface area contributed by atoms with E-state index in [4.69, 9.17) is 5.73 Å². The van der Waals surface area contributed by atoms with Gasteiger partial charge >= 0.3 is 0 Å². The molecule has 0 atom stereocenters. The van der Waals surface area contributed by atoms with Crippen LogP contribution in [0.15, 0.2) is 12.1 Å². The standard InChI is InChI=1S/C9H12N2O2S/c1-2-11(5-8(10)13)9-4-3-7(6-12)14-9/h3-4,6H,2,5H2,1H3,(H2,10,13). The van der Waals surface area contributed by atoms with Gasteiger partial charge in [-0.25, -0.2) is 0 Å². The highest BCUT2D eigenvalue weighted by Crippen LogP contribution is 2.24. The Morgan fingerprint density at radius 3 is 2.79 bits per heavy atom. The molecule has 0 aliphatic rings. The molecule has 0 radical (unpaired) electrons. The van der Waals surface area contributed by atoms with Crippen molar-refractivity contribution in [2.45, 2.75) is 6.92 Å². The van der Waals surface area contributed by atoms with Crippen LogP contribution in [-0.4, -0.2) is 25.3 Å². The summed E-state index contributed by atoms with van der Waals surface area (Å²) in [6.45, 7) is 2.82. The quantitative estimate of drug-likeness (QED) is 0.737. The van der Waals surface area contributed by atoms with Crippen LogP contribution in [0, 0.1) is 0 Å². The van der Waals surface area contributed by atoms with Gasteiger partial charge in [-0.05, 0) is 19.1 Å². The maximum Gasteiger partial charge on any atom is 0.236 e. The first-order valence-electron chi connectivity index (χ1n) is 4.25. The van der Waals surface area contributed by atoms with Gasteiger partial charge in [0.1, 0.15) is 0 Å². The molecule has 1 aromatic rings. The summed E-state index contributed by atoms with van der Waals surface area (Å²) in [6.07, 6.45) is 0.798. The molecule has 0 aromatic carbocycles. The van der Waals surface area contributed by atoms with E-state index in [1.165, 1.54) is 11.3 Å². The molecule has 5 heteroatoms. The van der Waals surface area contributed by atoms with Crippen LogP contribution in [0.3, 0.4) is 0 Å². The smallest absolute Gasteiger partial charge is 0.236 e. The van der Waals surface area contributed by atoms with Crippen molar-refractivity contribution in [3.05, 3.63) is 17.0 Å². The number of amides is 1. The van der Waals surface area contributed by atoms with E-state index in [2.05, 4.69) is 0 Å². The van der Waals surface area contributed by atoms with Gasteiger partial charge in [-0.3, -0.25) is 9.59 Å². The van der Waals surface area contributed by atoms with Crippen molar-refractivity contribution in [2.24, 2.45) is 5.73 Å². The second-order valence-corrected chi connectivity index (χ2v) is 3.87. The molecular formula is C9H12N2O2S. The van der Waals surface area contributed by atoms with E-state index >= 15 is 0 Å². The van der Waals surface area contributed by atoms with Gasteiger partial charge in [-0.2, -0.15) is 0 Å². The van der Waals surface area contributed by atoms with Crippen LogP contribution in [0.2, 0.25) is 0 Å². The highest BCUT2D eigenvalue weighted by molar-refractivity contribution is 7.17. The molecule has 0 spiro atoms. The van der Waals surface area contributed by atoms with Gasteiger partial charge in [0.25, 0.3) is 0 Å². The van der Waals surface area contributed by atoms with E-state index in [-0.39, 0.29) is 12.5 Å². The number of anilines is 1. The summed E-state index contributed by atoms with van der Waals surface area (Å²) >= 11 is 1.36. The summed E-state index contributed by atoms with van der Waals surface area (Å²) < 4.78 is 0. The van der Waals surface area contributed by atoms with E-state index in [9.17, 15) is 9.59 Å². The maximum atomic E-state index is 10.7. The van der Waals surface area contributed by atoms with Crippen molar-refractivity contribution in [3.63, 3.8) is 0 Å². The van der Waals surface area contributed by atoms with Gasteiger partial charge in [0.15, 0.2) is 6.29 Å². The minimum Gasteiger partial charge on any atom is -0.368 e. The molecular weight excluding hydrogens is 200 g/mol. The van der Waals surface area contributed by atoms with Crippen molar-refractivity contribution in [1.29, 1.82) is 0 Å². The molecule has 1 heterocycles. The molecule has 0 saturated heterocycles. The lowest BCUT2D eigenvalue weighted by Crippen LogP contribution is -2.32. The Kier molecular flexibility index (Phi) is 3.64. The van der Waals surface area contributed by atoms with Gasteiger partial charge in [-0.1, -0.05) is 0 Å². The number of hydrogen-bond donors (Lipinski definition) is 1. The topological polar surface area (TPSA) is 63.4 Å². The summed E-state index contributed by atoms with van der Waals surface area (Å²) in [6, 6.07) is 3.55. The lowest BCUT2D eigenvalue weighted by atomic mass is 10.4. The first kappa shape index (κ1) is 10.7. The molecule has 14 heavy (non-hydrogen) atoms. The predicted octanol–water partition coefficient (Wildman–Crippen LogP) is 0.872. The Morgan fingerprint density at radius 2 is 2.36 bits per heavy atom. The monoisotopic (exact) mass is 212 g/mol. The van der Waals surface area contributed by atoms with E-state index in [0.29, 0.717) is 11.4 Å². The molecule has 2 N–H and O–H groups in total. The third kappa shape index (κ3) is 2.56. The lowest BCUT2D eigenvalue weighted by molar-refractivity contribution is -0.116. The number of thiophene rings is 1. The zero-order valence-electron chi connectivity index (χ0n) is 7.90. The van der Waals surface area contributed by atoms with Gasteiger partial charge in [0, 0.05) is 6.54 Å². The van der Waals surface area contributed by atoms with Crippen molar-refractivity contribution in [2.75, 3.05) is 18.0 Å². The molecule has 1 rings (SSSR count). The lowest BCUT2D eigenvalue weighted by Gasteiger charge is -2.18. The minimum absolute atomic E-state index is 0.190. The molecule has 76 valence electrons. The fourth-order valence-electron chi connectivity index (χ4n) is 1.11. The summed E-state index contributed by atoms with van der Waals surface area (Å²) in [7, 11) is 0. The summed E-state index contributed by atoms with van der Waals surface area (Å²) in [5.74, 6) is -0.368. The third-order valence-corrected chi connectivity index (χ3v) is 2.84. The number of primary amides is 1. The van der Waals surface area contributed by atoms with Crippen molar-refractivity contribution >= 4 is 28.5 Å². The van der Waals surface area contributed by atoms with Crippen molar-refractivity contribution in [3.8, 4) is 0 Å². The van der Waals surface area contributed by atoms with Crippen molar-refractivity contribution in [1.82, 2.24) is 0 Å². The molecule has 1 aromatic heterocycles. The summed E-state index contributed by atoms with van der Waals surface area (Å²) in [5, 5.41) is 0.897. The average molecular weight is 212 g/mol. The number of aldehydes is 1. The highest BCUT2D eigenvalue weighted by Gasteiger charge is 2.09. The van der Waals surface area contributed by atoms with Crippen LogP contribution in [0.4, 0.5) is 5.00 Å². The van der Waals surface area contributed by atoms with Crippen LogP contribution < -0.4 is 10.6 Å². The van der Waals surface area contributed by atoms with Gasteiger partial charge < -0.3 is 10.6 Å². The fourth-order valence-corrected chi connectivity index (χ4v) is 1.99. The first-order valence-corrected chi connectivity index (χ1v) is 5.07. The highest BCUT2D eigenvalue weighted by atomic mass is 32.1. The van der Waals surface area contributed by atoms with E-state index in [1.807, 2.05) is 17.9 Å². The molecule has 0 aliphatic heterocycles. The zero-order valence-corrected chi connectivity index (χ0v) is 8.71. The zero-order chi connectivity index (χ0) is 10.6. The SMILES string of the molecule is CCN(CC(N)=O)c1ccc(C=O)s1. The number of carbonyl (C=O) groups excluding carboxylic acids is 2. The number of nitrogens with zero attached hydrogens (tertiary/aromatic N) is 1. The van der Waals surface area contributed by atoms with Gasteiger partial charge in [0.05, 0.1) is 16.4 Å². The van der Waals surface area contributed by atoms with Crippen LogP contribution >= 0.6 is 11.3 Å². The summed E-state index contributed by atoms with van der Waals surface area (Å²) in [4.78, 5) is 23.7. The average Bonchev–Trinajstić information content (AvgIpc) is 2.62. The predicted molar refractivity (Wildman–Crippen MR) is 56.8 cm³/mol. The molecule has 0 bridgehead atoms. The normalized spacial score (nSPS) is 9.79. The van der Waals surface area contributed by atoms with Crippen LogP contribution in [-0.2, 0) is 4.79 Å². The number of carbonyl (C=O) groups is 2. The summed E-state index contributed by atoms with van der Waals surface area (Å²) in [5.41, 5.74) is 5.10. The number of nitrogens with two attached hydrogens (primary N) is 1. The van der Waals surface area contributed by atoms with E-state index in [0.717, 1.165) is 11.3 Å². The Morgan fingerprint density at radius 1 is 1.64 bits per heavy atom. The van der Waals surface area contributed by atoms with Crippen LogP contribution in [0.1, 0.15) is 16.6 Å². The molecule has 0 unspecified atom stereocenters. The largest absolute Gasteiger partial charge is 0.368 e. The van der Waals surface area contributed by atoms with Crippen LogP contribution in [0.5, 0.6) is 0 Å². The number of hydrogen-bond acceptors (Lipinski definition) is 4. The first-order chi connectivity index (χ1) is 6.67. The number of likely N-dealkylation sites (N-methyl/N-ethyl adjacent to an activating group) is 1. The Bertz CT molecular complexity index is 335. The molecule has 0 aliphatic carbocycles. The number of rotatable bonds is 5. The van der Waals surface area contributed by atoms with Gasteiger partial charge in [-0.15, -0.1) is 11.3 Å². The molecule has 0 fully saturated rings. The molecule has 4 nitrogen and oxygen atoms in total. The Hall–Kier alpha value is -1.36. The molecule has 0 saturated carbocycles. The fraction of sp³-hybridized carbons (Fsp3) is 0.333. The Labute approximate surface area is 86.3 Å². The van der Waals surface area contributed by atoms with E-state index < -0.39 is 0 Å². The molecule has 1 amide bonds. The second kappa shape index (κ2) is 4.76. The second-order valence-electron chi connectivity index (χ2n) is 2.77. The minimum atomic E-state index is -0.368. The third-order valence-electron chi connectivity index (χ3n) is 1.77. The van der Waals surface area contributed by atoms with Crippen molar-refractivity contribution < 1.29 is 9.59 Å². The van der Waals surface area contributed by atoms with E-state index in [1.54, 1.807) is 6.07 Å². The van der Waals surface area contributed by atoms with Crippen LogP contribution in [0.25, 0.3) is 0 Å². The maximum absolute atomic E-state index is 10.7. The Balaban J connectivity index is 2.77. The van der Waals surface area contributed by atoms with Gasteiger partial charge in [0.2, 0.25) is 5.91 Å².